The van der Waals surface area contributed by atoms with E-state index < -0.39 is 29.5 Å². The second-order valence-corrected chi connectivity index (χ2v) is 5.62. The first-order valence-electron chi connectivity index (χ1n) is 7.72. The SMILES string of the molecule is CNC(=O)C(NC(=O)c1ccc2c(c1)CCO2)c1ccc(F)c(F)c1. The molecule has 2 amide bonds. The van der Waals surface area contributed by atoms with Crippen molar-refractivity contribution in [2.45, 2.75) is 12.5 Å². The van der Waals surface area contributed by atoms with E-state index in [1.54, 1.807) is 18.2 Å². The van der Waals surface area contributed by atoms with Gasteiger partial charge in [0.2, 0.25) is 5.91 Å². The van der Waals surface area contributed by atoms with Gasteiger partial charge < -0.3 is 15.4 Å². The maximum atomic E-state index is 13.5. The summed E-state index contributed by atoms with van der Waals surface area (Å²) in [6.45, 7) is 0.566. The molecule has 0 aliphatic carbocycles. The monoisotopic (exact) mass is 346 g/mol. The largest absolute Gasteiger partial charge is 0.493 e. The molecule has 1 heterocycles. The molecule has 1 unspecified atom stereocenters. The highest BCUT2D eigenvalue weighted by Gasteiger charge is 2.24. The highest BCUT2D eigenvalue weighted by molar-refractivity contribution is 5.98. The molecule has 25 heavy (non-hydrogen) atoms. The van der Waals surface area contributed by atoms with Crippen molar-refractivity contribution in [3.8, 4) is 5.75 Å². The molecule has 0 bridgehead atoms. The van der Waals surface area contributed by atoms with E-state index >= 15 is 0 Å². The van der Waals surface area contributed by atoms with E-state index in [0.717, 1.165) is 23.4 Å². The van der Waals surface area contributed by atoms with Crippen molar-refractivity contribution >= 4 is 11.8 Å². The fourth-order valence-corrected chi connectivity index (χ4v) is 2.68. The average Bonchev–Trinajstić information content (AvgIpc) is 3.09. The van der Waals surface area contributed by atoms with Gasteiger partial charge in [-0.3, -0.25) is 9.59 Å². The molecule has 0 aromatic heterocycles. The molecule has 1 aliphatic rings. The summed E-state index contributed by atoms with van der Waals surface area (Å²) in [6.07, 6.45) is 0.707. The van der Waals surface area contributed by atoms with E-state index in [9.17, 15) is 18.4 Å². The first-order chi connectivity index (χ1) is 12.0. The van der Waals surface area contributed by atoms with Crippen LogP contribution in [0.25, 0.3) is 0 Å². The zero-order chi connectivity index (χ0) is 18.0. The minimum atomic E-state index is -1.14. The lowest BCUT2D eigenvalue weighted by Gasteiger charge is -2.18. The van der Waals surface area contributed by atoms with E-state index in [1.165, 1.54) is 13.1 Å². The van der Waals surface area contributed by atoms with Crippen LogP contribution in [0.1, 0.15) is 27.5 Å². The number of ether oxygens (including phenoxy) is 1. The van der Waals surface area contributed by atoms with Crippen LogP contribution in [0.15, 0.2) is 36.4 Å². The van der Waals surface area contributed by atoms with Gasteiger partial charge in [-0.15, -0.1) is 0 Å². The van der Waals surface area contributed by atoms with E-state index in [1.807, 2.05) is 0 Å². The van der Waals surface area contributed by atoms with Crippen LogP contribution in [0, 0.1) is 11.6 Å². The van der Waals surface area contributed by atoms with Crippen LogP contribution in [0.4, 0.5) is 8.78 Å². The number of benzene rings is 2. The number of rotatable bonds is 4. The van der Waals surface area contributed by atoms with Crippen molar-refractivity contribution in [3.63, 3.8) is 0 Å². The molecular formula is C18H16F2N2O3. The van der Waals surface area contributed by atoms with E-state index in [-0.39, 0.29) is 5.56 Å². The fourth-order valence-electron chi connectivity index (χ4n) is 2.68. The summed E-state index contributed by atoms with van der Waals surface area (Å²) >= 11 is 0. The number of amides is 2. The molecule has 5 nitrogen and oxygen atoms in total. The summed E-state index contributed by atoms with van der Waals surface area (Å²) < 4.78 is 32.0. The van der Waals surface area contributed by atoms with E-state index in [4.69, 9.17) is 4.74 Å². The molecule has 1 atom stereocenters. The molecule has 2 N–H and O–H groups in total. The van der Waals surface area contributed by atoms with Crippen LogP contribution in [0.5, 0.6) is 5.75 Å². The van der Waals surface area contributed by atoms with Crippen molar-refractivity contribution in [1.82, 2.24) is 10.6 Å². The Bertz CT molecular complexity index is 839. The highest BCUT2D eigenvalue weighted by atomic mass is 19.2. The Kier molecular flexibility index (Phi) is 4.65. The van der Waals surface area contributed by atoms with Crippen LogP contribution >= 0.6 is 0 Å². The second kappa shape index (κ2) is 6.88. The number of carbonyl (C=O) groups is 2. The van der Waals surface area contributed by atoms with E-state index in [2.05, 4.69) is 10.6 Å². The summed E-state index contributed by atoms with van der Waals surface area (Å²) in [7, 11) is 1.40. The molecule has 0 radical (unpaired) electrons. The van der Waals surface area contributed by atoms with Gasteiger partial charge in [-0.2, -0.15) is 0 Å². The highest BCUT2D eigenvalue weighted by Crippen LogP contribution is 2.26. The number of hydrogen-bond donors (Lipinski definition) is 2. The number of likely N-dealkylation sites (N-methyl/N-ethyl adjacent to an activating group) is 1. The van der Waals surface area contributed by atoms with E-state index in [0.29, 0.717) is 18.6 Å². The molecule has 0 saturated carbocycles. The van der Waals surface area contributed by atoms with Crippen molar-refractivity contribution in [1.29, 1.82) is 0 Å². The lowest BCUT2D eigenvalue weighted by Crippen LogP contribution is -2.39. The summed E-state index contributed by atoms with van der Waals surface area (Å²) in [6, 6.07) is 6.91. The Morgan fingerprint density at radius 3 is 2.64 bits per heavy atom. The van der Waals surface area contributed by atoms with Crippen molar-refractivity contribution in [3.05, 3.63) is 64.7 Å². The Hall–Kier alpha value is -2.96. The standard InChI is InChI=1S/C18H16F2N2O3/c1-21-18(24)16(11-2-4-13(19)14(20)9-11)22-17(23)12-3-5-15-10(8-12)6-7-25-15/h2-5,8-9,16H,6-7H2,1H3,(H,21,24)(H,22,23). The van der Waals surface area contributed by atoms with Gasteiger partial charge in [0.05, 0.1) is 6.61 Å². The summed E-state index contributed by atoms with van der Waals surface area (Å²) in [4.78, 5) is 24.6. The predicted molar refractivity (Wildman–Crippen MR) is 86.3 cm³/mol. The van der Waals surface area contributed by atoms with Crippen molar-refractivity contribution in [2.24, 2.45) is 0 Å². The van der Waals surface area contributed by atoms with Crippen molar-refractivity contribution < 1.29 is 23.1 Å². The minimum absolute atomic E-state index is 0.149. The van der Waals surface area contributed by atoms with Gasteiger partial charge in [0, 0.05) is 19.0 Å². The van der Waals surface area contributed by atoms with Gasteiger partial charge in [0.1, 0.15) is 11.8 Å². The maximum Gasteiger partial charge on any atom is 0.252 e. The Balaban J connectivity index is 1.86. The predicted octanol–water partition coefficient (Wildman–Crippen LogP) is 2.12. The molecular weight excluding hydrogens is 330 g/mol. The second-order valence-electron chi connectivity index (χ2n) is 5.62. The molecule has 0 spiro atoms. The van der Waals surface area contributed by atoms with Gasteiger partial charge in [-0.05, 0) is 41.5 Å². The third kappa shape index (κ3) is 3.45. The Morgan fingerprint density at radius 1 is 1.12 bits per heavy atom. The number of carbonyl (C=O) groups excluding carboxylic acids is 2. The van der Waals surface area contributed by atoms with Crippen LogP contribution in [0.2, 0.25) is 0 Å². The van der Waals surface area contributed by atoms with Crippen molar-refractivity contribution in [2.75, 3.05) is 13.7 Å². The zero-order valence-corrected chi connectivity index (χ0v) is 13.4. The zero-order valence-electron chi connectivity index (χ0n) is 13.4. The van der Waals surface area contributed by atoms with Crippen LogP contribution in [-0.4, -0.2) is 25.5 Å². The topological polar surface area (TPSA) is 67.4 Å². The molecule has 0 fully saturated rings. The molecule has 130 valence electrons. The molecule has 2 aromatic carbocycles. The molecule has 0 saturated heterocycles. The van der Waals surface area contributed by atoms with Gasteiger partial charge >= 0.3 is 0 Å². The van der Waals surface area contributed by atoms with Gasteiger partial charge in [0.15, 0.2) is 11.6 Å². The van der Waals surface area contributed by atoms with Crippen LogP contribution < -0.4 is 15.4 Å². The number of hydrogen-bond acceptors (Lipinski definition) is 3. The quantitative estimate of drug-likeness (QED) is 0.891. The number of nitrogens with one attached hydrogen (secondary N) is 2. The fraction of sp³-hybridized carbons (Fsp3) is 0.222. The average molecular weight is 346 g/mol. The maximum absolute atomic E-state index is 13.5. The van der Waals surface area contributed by atoms with Gasteiger partial charge in [0.25, 0.3) is 5.91 Å². The molecule has 1 aliphatic heterocycles. The number of fused-ring (bicyclic) bond motifs is 1. The first-order valence-corrected chi connectivity index (χ1v) is 7.72. The third-order valence-electron chi connectivity index (χ3n) is 4.01. The van der Waals surface area contributed by atoms with Gasteiger partial charge in [-0.1, -0.05) is 6.07 Å². The van der Waals surface area contributed by atoms with Gasteiger partial charge in [-0.25, -0.2) is 8.78 Å². The normalized spacial score (nSPS) is 13.6. The van der Waals surface area contributed by atoms with Crippen LogP contribution in [0.3, 0.4) is 0 Å². The summed E-state index contributed by atoms with van der Waals surface area (Å²) in [5, 5.41) is 4.96. The Morgan fingerprint density at radius 2 is 1.92 bits per heavy atom. The third-order valence-corrected chi connectivity index (χ3v) is 4.01. The lowest BCUT2D eigenvalue weighted by atomic mass is 10.0. The Labute approximate surface area is 143 Å². The number of halogens is 2. The summed E-state index contributed by atoms with van der Waals surface area (Å²) in [5.41, 5.74) is 1.42. The first kappa shape index (κ1) is 16.9. The molecule has 2 aromatic rings. The smallest absolute Gasteiger partial charge is 0.252 e. The van der Waals surface area contributed by atoms with Crippen LogP contribution in [-0.2, 0) is 11.2 Å². The minimum Gasteiger partial charge on any atom is -0.493 e. The molecule has 7 heteroatoms. The summed E-state index contributed by atoms with van der Waals surface area (Å²) in [5.74, 6) is -2.41. The molecule has 3 rings (SSSR count). The lowest BCUT2D eigenvalue weighted by molar-refractivity contribution is -0.122.